The van der Waals surface area contributed by atoms with Crippen LogP contribution in [-0.4, -0.2) is 57.9 Å². The van der Waals surface area contributed by atoms with Crippen LogP contribution in [0.15, 0.2) is 42.5 Å². The highest BCUT2D eigenvalue weighted by atomic mass is 32.2. The van der Waals surface area contributed by atoms with Crippen LogP contribution < -0.4 is 20.1 Å². The third-order valence-electron chi connectivity index (χ3n) is 5.14. The van der Waals surface area contributed by atoms with Gasteiger partial charge < -0.3 is 25.2 Å². The number of aromatic amines is 1. The van der Waals surface area contributed by atoms with E-state index >= 15 is 0 Å². The Morgan fingerprint density at radius 2 is 2.12 bits per heavy atom. The number of anilines is 1. The van der Waals surface area contributed by atoms with Crippen molar-refractivity contribution < 1.29 is 18.8 Å². The summed E-state index contributed by atoms with van der Waals surface area (Å²) < 4.78 is 20.4. The predicted octanol–water partition coefficient (Wildman–Crippen LogP) is 2.04. The smallest absolute Gasteiger partial charge is 0.220 e. The number of aromatic nitrogens is 2. The van der Waals surface area contributed by atoms with Gasteiger partial charge in [0.2, 0.25) is 5.91 Å². The lowest BCUT2D eigenvalue weighted by atomic mass is 10.1. The molecule has 0 saturated carbocycles. The number of ether oxygens (including phenoxy) is 1. The Bertz CT molecular complexity index is 1090. The minimum atomic E-state index is -1.12. The summed E-state index contributed by atoms with van der Waals surface area (Å²) in [6, 6.07) is 13.0. The Morgan fingerprint density at radius 3 is 2.91 bits per heavy atom. The second kappa shape index (κ2) is 12.3. The zero-order chi connectivity index (χ0) is 23.6. The molecule has 0 radical (unpaired) electrons. The van der Waals surface area contributed by atoms with Crippen molar-refractivity contribution in [2.75, 3.05) is 37.2 Å². The second-order valence-electron chi connectivity index (χ2n) is 7.48. The number of nitrogens with zero attached hydrogens (tertiary/aromatic N) is 1. The normalized spacial score (nSPS) is 12.9. The van der Waals surface area contributed by atoms with E-state index in [0.29, 0.717) is 44.0 Å². The van der Waals surface area contributed by atoms with Gasteiger partial charge in [0.25, 0.3) is 0 Å². The van der Waals surface area contributed by atoms with Gasteiger partial charge in [-0.15, -0.1) is 0 Å². The van der Waals surface area contributed by atoms with E-state index in [4.69, 9.17) is 4.74 Å². The van der Waals surface area contributed by atoms with Crippen LogP contribution in [0.5, 0.6) is 5.75 Å². The minimum Gasteiger partial charge on any atom is -0.492 e. The molecule has 1 amide bonds. The monoisotopic (exact) mass is 473 g/mol. The molecule has 10 heteroatoms. The van der Waals surface area contributed by atoms with Crippen LogP contribution in [0.25, 0.3) is 10.9 Å². The average molecular weight is 474 g/mol. The number of benzene rings is 2. The average Bonchev–Trinajstić information content (AvgIpc) is 3.24. The highest BCUT2D eigenvalue weighted by Gasteiger charge is 2.10. The van der Waals surface area contributed by atoms with E-state index in [1.807, 2.05) is 43.3 Å². The van der Waals surface area contributed by atoms with Crippen LogP contribution in [0.3, 0.4) is 0 Å². The van der Waals surface area contributed by atoms with E-state index in [9.17, 15) is 14.1 Å². The van der Waals surface area contributed by atoms with E-state index in [1.165, 1.54) is 0 Å². The zero-order valence-corrected chi connectivity index (χ0v) is 19.7. The number of aliphatic hydroxyl groups excluding tert-OH is 1. The molecule has 5 N–H and O–H groups in total. The number of H-pyrrole nitrogens is 1. The van der Waals surface area contributed by atoms with Crippen molar-refractivity contribution in [1.29, 1.82) is 0 Å². The summed E-state index contributed by atoms with van der Waals surface area (Å²) in [5, 5.41) is 24.5. The van der Waals surface area contributed by atoms with Crippen molar-refractivity contribution in [3.05, 3.63) is 53.7 Å². The van der Waals surface area contributed by atoms with Crippen LogP contribution in [0.2, 0.25) is 0 Å². The Labute approximate surface area is 195 Å². The molecule has 0 fully saturated rings. The third kappa shape index (κ3) is 7.28. The molecule has 1 heterocycles. The number of carbonyl (C=O) groups is 1. The van der Waals surface area contributed by atoms with Crippen LogP contribution in [0.1, 0.15) is 30.7 Å². The Balaban J connectivity index is 1.43. The first-order chi connectivity index (χ1) is 16.0. The lowest BCUT2D eigenvalue weighted by molar-refractivity contribution is -0.120. The molecule has 0 saturated heterocycles. The van der Waals surface area contributed by atoms with Gasteiger partial charge in [-0.25, -0.2) is 4.21 Å². The molecule has 178 valence electrons. The Hall–Kier alpha value is -2.95. The fourth-order valence-corrected chi connectivity index (χ4v) is 3.84. The summed E-state index contributed by atoms with van der Waals surface area (Å²) >= 11 is 0. The maximum atomic E-state index is 11.7. The number of aryl methyl sites for hydroxylation is 1. The molecule has 3 aromatic rings. The number of hydrogen-bond acceptors (Lipinski definition) is 6. The standard InChI is InChI=1S/C23H31N5O4S/c1-3-33(31)28-17-6-4-5-16(13-17)22(29)15-25-11-12-32-18-7-8-19-20(9-10-23(30)24-2)26-27-21(19)14-18/h4-8,13-14,22,25,28-29H,3,9-12,15H2,1-2H3,(H,24,30)(H,26,27)/t22-,33?/m0/s1. The summed E-state index contributed by atoms with van der Waals surface area (Å²) in [6.07, 6.45) is 0.316. The molecule has 0 spiro atoms. The van der Waals surface area contributed by atoms with Gasteiger partial charge in [0.1, 0.15) is 23.3 Å². The number of rotatable bonds is 13. The van der Waals surface area contributed by atoms with Crippen molar-refractivity contribution in [3.63, 3.8) is 0 Å². The third-order valence-corrected chi connectivity index (χ3v) is 6.12. The Morgan fingerprint density at radius 1 is 1.27 bits per heavy atom. The molecule has 1 aromatic heterocycles. The molecule has 3 rings (SSSR count). The van der Waals surface area contributed by atoms with Crippen molar-refractivity contribution in [3.8, 4) is 5.75 Å². The number of fused-ring (bicyclic) bond motifs is 1. The molecular formula is C23H31N5O4S. The number of aliphatic hydroxyl groups is 1. The summed E-state index contributed by atoms with van der Waals surface area (Å²) in [4.78, 5) is 11.5. The predicted molar refractivity (Wildman–Crippen MR) is 131 cm³/mol. The molecule has 0 aliphatic heterocycles. The van der Waals surface area contributed by atoms with E-state index in [1.54, 1.807) is 13.1 Å². The number of carbonyl (C=O) groups excluding carboxylic acids is 1. The molecule has 33 heavy (non-hydrogen) atoms. The van der Waals surface area contributed by atoms with Gasteiger partial charge >= 0.3 is 0 Å². The van der Waals surface area contributed by atoms with Gasteiger partial charge in [-0.3, -0.25) is 9.89 Å². The summed E-state index contributed by atoms with van der Waals surface area (Å²) in [7, 11) is 0.502. The maximum Gasteiger partial charge on any atom is 0.220 e. The number of amides is 1. The highest BCUT2D eigenvalue weighted by molar-refractivity contribution is 7.86. The Kier molecular flexibility index (Phi) is 9.23. The van der Waals surface area contributed by atoms with E-state index in [2.05, 4.69) is 25.6 Å². The van der Waals surface area contributed by atoms with Crippen LogP contribution in [0, 0.1) is 0 Å². The topological polar surface area (TPSA) is 128 Å². The quantitative estimate of drug-likeness (QED) is 0.242. The van der Waals surface area contributed by atoms with Crippen LogP contribution >= 0.6 is 0 Å². The van der Waals surface area contributed by atoms with Gasteiger partial charge in [-0.1, -0.05) is 19.1 Å². The number of hydrogen-bond donors (Lipinski definition) is 5. The van der Waals surface area contributed by atoms with Gasteiger partial charge in [0.15, 0.2) is 0 Å². The largest absolute Gasteiger partial charge is 0.492 e. The first-order valence-electron chi connectivity index (χ1n) is 10.9. The summed E-state index contributed by atoms with van der Waals surface area (Å²) in [5.74, 6) is 1.21. The fourth-order valence-electron chi connectivity index (χ4n) is 3.30. The van der Waals surface area contributed by atoms with Gasteiger partial charge in [0, 0.05) is 55.1 Å². The van der Waals surface area contributed by atoms with Crippen LogP contribution in [0.4, 0.5) is 5.69 Å². The molecule has 2 aromatic carbocycles. The zero-order valence-electron chi connectivity index (χ0n) is 18.9. The lowest BCUT2D eigenvalue weighted by Crippen LogP contribution is -2.26. The highest BCUT2D eigenvalue weighted by Crippen LogP contribution is 2.22. The minimum absolute atomic E-state index is 0.00684. The second-order valence-corrected chi connectivity index (χ2v) is 8.96. The maximum absolute atomic E-state index is 11.7. The SMILES string of the molecule is CCS(=O)Nc1cccc([C@@H](O)CNCCOc2ccc3c(CCC(=O)NC)[nH]nc3c2)c1. The molecule has 0 bridgehead atoms. The van der Waals surface area contributed by atoms with Crippen molar-refractivity contribution in [2.24, 2.45) is 0 Å². The van der Waals surface area contributed by atoms with Gasteiger partial charge in [0.05, 0.1) is 11.6 Å². The summed E-state index contributed by atoms with van der Waals surface area (Å²) in [6.45, 7) is 3.21. The molecular weight excluding hydrogens is 442 g/mol. The van der Waals surface area contributed by atoms with E-state index in [0.717, 1.165) is 27.8 Å². The fraction of sp³-hybridized carbons (Fsp3) is 0.391. The van der Waals surface area contributed by atoms with Crippen molar-refractivity contribution in [2.45, 2.75) is 25.9 Å². The number of nitrogens with one attached hydrogen (secondary N) is 4. The molecule has 0 aliphatic rings. The van der Waals surface area contributed by atoms with E-state index in [-0.39, 0.29) is 5.91 Å². The van der Waals surface area contributed by atoms with E-state index < -0.39 is 17.1 Å². The molecule has 9 nitrogen and oxygen atoms in total. The molecule has 2 atom stereocenters. The summed E-state index contributed by atoms with van der Waals surface area (Å²) in [5.41, 5.74) is 3.19. The van der Waals surface area contributed by atoms with Crippen molar-refractivity contribution in [1.82, 2.24) is 20.8 Å². The lowest BCUT2D eigenvalue weighted by Gasteiger charge is -2.14. The first kappa shape index (κ1) is 24.7. The molecule has 1 unspecified atom stereocenters. The van der Waals surface area contributed by atoms with Crippen LogP contribution in [-0.2, 0) is 22.2 Å². The molecule has 0 aliphatic carbocycles. The van der Waals surface area contributed by atoms with Crippen molar-refractivity contribution >= 4 is 33.5 Å². The van der Waals surface area contributed by atoms with Gasteiger partial charge in [-0.05, 0) is 36.2 Å². The first-order valence-corrected chi connectivity index (χ1v) is 12.3. The van der Waals surface area contributed by atoms with Gasteiger partial charge in [-0.2, -0.15) is 5.10 Å².